The van der Waals surface area contributed by atoms with Crippen LogP contribution in [-0.2, 0) is 19.1 Å². The molecule has 0 aromatic carbocycles. The third kappa shape index (κ3) is 4.97. The van der Waals surface area contributed by atoms with Gasteiger partial charge in [-0.3, -0.25) is 4.28 Å². The van der Waals surface area contributed by atoms with Crippen LogP contribution >= 0.6 is 11.6 Å². The summed E-state index contributed by atoms with van der Waals surface area (Å²) in [5.41, 5.74) is -0.532. The molecule has 132 valence electrons. The summed E-state index contributed by atoms with van der Waals surface area (Å²) in [4.78, 5) is 14.1. The molecule has 1 amide bonds. The molecule has 2 unspecified atom stereocenters. The molecule has 0 aliphatic carbocycles. The van der Waals surface area contributed by atoms with Crippen molar-refractivity contribution in [3.63, 3.8) is 0 Å². The molecule has 2 aliphatic heterocycles. The fourth-order valence-corrected chi connectivity index (χ4v) is 3.63. The third-order valence-corrected chi connectivity index (χ3v) is 4.66. The maximum Gasteiger partial charge on any atom is 0.410 e. The minimum absolute atomic E-state index is 0.0378. The quantitative estimate of drug-likeness (QED) is 0.566. The lowest BCUT2D eigenvalue weighted by Crippen LogP contribution is -2.49. The van der Waals surface area contributed by atoms with E-state index in [2.05, 4.69) is 9.44 Å². The first-order valence-electron chi connectivity index (χ1n) is 7.59. The van der Waals surface area contributed by atoms with Gasteiger partial charge in [0.15, 0.2) is 0 Å². The van der Waals surface area contributed by atoms with E-state index in [1.165, 1.54) is 0 Å². The van der Waals surface area contributed by atoms with E-state index < -0.39 is 15.7 Å². The van der Waals surface area contributed by atoms with Gasteiger partial charge in [-0.1, -0.05) is 16.8 Å². The van der Waals surface area contributed by atoms with Crippen LogP contribution in [0.1, 0.15) is 46.5 Å². The lowest BCUT2D eigenvalue weighted by molar-refractivity contribution is 0.00534. The van der Waals surface area contributed by atoms with Gasteiger partial charge in [-0.25, -0.2) is 4.79 Å². The van der Waals surface area contributed by atoms with Gasteiger partial charge in [0.1, 0.15) is 10.8 Å². The summed E-state index contributed by atoms with van der Waals surface area (Å²) in [6.45, 7) is 5.52. The molecule has 0 spiro atoms. The summed E-state index contributed by atoms with van der Waals surface area (Å²) in [6, 6.07) is 0.0755. The number of fused-ring (bicyclic) bond motifs is 2. The second kappa shape index (κ2) is 6.47. The molecular formula is C14H23ClN2O5S. The summed E-state index contributed by atoms with van der Waals surface area (Å²) in [5, 5.41) is 3.64. The summed E-state index contributed by atoms with van der Waals surface area (Å²) in [5.74, 6) is -0.102. The molecule has 2 atom stereocenters. The normalized spacial score (nSPS) is 28.7. The molecule has 2 rings (SSSR count). The van der Waals surface area contributed by atoms with Crippen LogP contribution < -0.4 is 0 Å². The second-order valence-electron chi connectivity index (χ2n) is 7.13. The van der Waals surface area contributed by atoms with Gasteiger partial charge in [-0.15, -0.1) is 0 Å². The molecule has 2 saturated heterocycles. The van der Waals surface area contributed by atoms with Crippen LogP contribution in [0.4, 0.5) is 4.79 Å². The Balaban J connectivity index is 2.03. The average Bonchev–Trinajstić information content (AvgIpc) is 2.64. The van der Waals surface area contributed by atoms with Crippen molar-refractivity contribution >= 4 is 33.0 Å². The highest BCUT2D eigenvalue weighted by atomic mass is 35.5. The number of oxime groups is 1. The number of hydrogen-bond acceptors (Lipinski definition) is 6. The van der Waals surface area contributed by atoms with Gasteiger partial charge in [-0.05, 0) is 46.5 Å². The van der Waals surface area contributed by atoms with Crippen LogP contribution in [0.15, 0.2) is 5.16 Å². The van der Waals surface area contributed by atoms with Crippen molar-refractivity contribution in [2.24, 2.45) is 11.1 Å². The Kier molecular flexibility index (Phi) is 5.15. The minimum Gasteiger partial charge on any atom is -0.444 e. The molecule has 2 aliphatic rings. The average molecular weight is 367 g/mol. The Labute approximate surface area is 142 Å². The largest absolute Gasteiger partial charge is 0.444 e. The molecule has 9 heteroatoms. The molecule has 0 N–H and O–H groups in total. The Morgan fingerprint density at radius 2 is 1.74 bits per heavy atom. The first-order chi connectivity index (χ1) is 10.5. The van der Waals surface area contributed by atoms with E-state index >= 15 is 0 Å². The smallest absolute Gasteiger partial charge is 0.410 e. The minimum atomic E-state index is -3.67. The fraction of sp³-hybridized carbons (Fsp3) is 0.857. The molecular weight excluding hydrogens is 344 g/mol. The van der Waals surface area contributed by atoms with Crippen LogP contribution in [0, 0.1) is 5.92 Å². The molecule has 2 heterocycles. The highest BCUT2D eigenvalue weighted by Gasteiger charge is 2.45. The summed E-state index contributed by atoms with van der Waals surface area (Å²) in [6.07, 6.45) is 3.64. The van der Waals surface area contributed by atoms with E-state index in [1.807, 2.05) is 20.8 Å². The van der Waals surface area contributed by atoms with E-state index in [9.17, 15) is 13.2 Å². The Morgan fingerprint density at radius 1 is 1.22 bits per heavy atom. The van der Waals surface area contributed by atoms with Crippen molar-refractivity contribution in [2.75, 3.05) is 6.26 Å². The van der Waals surface area contributed by atoms with Gasteiger partial charge in [0.25, 0.3) is 0 Å². The number of hydrogen-bond donors (Lipinski definition) is 0. The summed E-state index contributed by atoms with van der Waals surface area (Å²) < 4.78 is 31.8. The Hall–Kier alpha value is -1.02. The third-order valence-electron chi connectivity index (χ3n) is 3.93. The number of halogens is 1. The predicted molar refractivity (Wildman–Crippen MR) is 86.8 cm³/mol. The van der Waals surface area contributed by atoms with E-state index in [4.69, 9.17) is 16.3 Å². The molecule has 0 aromatic rings. The zero-order valence-corrected chi connectivity index (χ0v) is 15.4. The van der Waals surface area contributed by atoms with Crippen molar-refractivity contribution in [1.29, 1.82) is 0 Å². The van der Waals surface area contributed by atoms with Crippen LogP contribution in [0.2, 0.25) is 0 Å². The number of carbonyl (C=O) groups excluding carboxylic acids is 1. The van der Waals surface area contributed by atoms with E-state index in [-0.39, 0.29) is 29.3 Å². The van der Waals surface area contributed by atoms with E-state index in [1.54, 1.807) is 4.90 Å². The number of piperidine rings is 1. The Morgan fingerprint density at radius 3 is 2.17 bits per heavy atom. The number of nitrogens with zero attached hydrogens (tertiary/aromatic N) is 2. The second-order valence-corrected chi connectivity index (χ2v) is 9.08. The van der Waals surface area contributed by atoms with Gasteiger partial charge >= 0.3 is 16.2 Å². The van der Waals surface area contributed by atoms with E-state index in [0.29, 0.717) is 12.8 Å². The molecule has 0 radical (unpaired) electrons. The molecule has 0 aromatic heterocycles. The van der Waals surface area contributed by atoms with E-state index in [0.717, 1.165) is 19.1 Å². The molecule has 2 bridgehead atoms. The lowest BCUT2D eigenvalue weighted by Gasteiger charge is -2.38. The van der Waals surface area contributed by atoms with Gasteiger partial charge < -0.3 is 9.64 Å². The lowest BCUT2D eigenvalue weighted by atomic mass is 9.92. The fourth-order valence-electron chi connectivity index (χ4n) is 3.16. The molecule has 23 heavy (non-hydrogen) atoms. The number of amides is 1. The topological polar surface area (TPSA) is 85.3 Å². The monoisotopic (exact) mass is 366 g/mol. The zero-order chi connectivity index (χ0) is 17.4. The van der Waals surface area contributed by atoms with Crippen LogP contribution in [0.3, 0.4) is 0 Å². The van der Waals surface area contributed by atoms with Gasteiger partial charge in [0, 0.05) is 18.0 Å². The first-order valence-corrected chi connectivity index (χ1v) is 9.79. The number of rotatable bonds is 3. The van der Waals surface area contributed by atoms with Crippen molar-refractivity contribution < 1.29 is 22.2 Å². The Bertz CT molecular complexity index is 585. The molecule has 7 nitrogen and oxygen atoms in total. The van der Waals surface area contributed by atoms with Crippen molar-refractivity contribution in [3.05, 3.63) is 0 Å². The maximum absolute atomic E-state index is 12.3. The van der Waals surface area contributed by atoms with Crippen LogP contribution in [0.25, 0.3) is 0 Å². The molecule has 2 fully saturated rings. The van der Waals surface area contributed by atoms with Crippen molar-refractivity contribution in [1.82, 2.24) is 4.90 Å². The number of ether oxygens (including phenoxy) is 1. The number of carbonyl (C=O) groups is 1. The SMILES string of the molecule is CC(C)(C)OC(=O)N1C2CCC1CC(/C(Cl)=N/OS(C)(=O)=O)C2. The highest BCUT2D eigenvalue weighted by Crippen LogP contribution is 2.40. The van der Waals surface area contributed by atoms with Gasteiger partial charge in [0.2, 0.25) is 0 Å². The highest BCUT2D eigenvalue weighted by molar-refractivity contribution is 7.85. The van der Waals surface area contributed by atoms with Crippen molar-refractivity contribution in [2.45, 2.75) is 64.1 Å². The van der Waals surface area contributed by atoms with Crippen LogP contribution in [-0.4, -0.2) is 48.5 Å². The zero-order valence-electron chi connectivity index (χ0n) is 13.8. The predicted octanol–water partition coefficient (Wildman–Crippen LogP) is 2.69. The standard InChI is InChI=1S/C14H23ClN2O5S/c1-14(2,3)21-13(18)17-10-5-6-11(17)8-9(7-10)12(15)16-22-23(4,19)20/h9-11H,5-8H2,1-4H3/b16-12-. The molecule has 0 saturated carbocycles. The summed E-state index contributed by atoms with van der Waals surface area (Å²) in [7, 11) is -3.67. The maximum atomic E-state index is 12.3. The van der Waals surface area contributed by atoms with Gasteiger partial charge in [-0.2, -0.15) is 8.42 Å². The van der Waals surface area contributed by atoms with Crippen LogP contribution in [0.5, 0.6) is 0 Å². The van der Waals surface area contributed by atoms with Crippen molar-refractivity contribution in [3.8, 4) is 0 Å². The first kappa shape index (κ1) is 18.3. The van der Waals surface area contributed by atoms with Gasteiger partial charge in [0.05, 0.1) is 6.26 Å². The summed E-state index contributed by atoms with van der Waals surface area (Å²) >= 11 is 6.08.